The highest BCUT2D eigenvalue weighted by Crippen LogP contribution is 2.01. The van der Waals surface area contributed by atoms with Crippen molar-refractivity contribution in [2.24, 2.45) is 0 Å². The molecule has 0 aliphatic carbocycles. The first kappa shape index (κ1) is 13.4. The topological polar surface area (TPSA) is 18.5 Å². The van der Waals surface area contributed by atoms with E-state index < -0.39 is 0 Å². The molecule has 0 aromatic carbocycles. The van der Waals surface area contributed by atoms with Crippen molar-refractivity contribution >= 4 is 0 Å². The highest BCUT2D eigenvalue weighted by molar-refractivity contribution is 4.85. The van der Waals surface area contributed by atoms with Crippen LogP contribution in [0, 0.1) is 0 Å². The summed E-state index contributed by atoms with van der Waals surface area (Å²) < 4.78 is 10.8. The van der Waals surface area contributed by atoms with E-state index in [1.54, 1.807) is 0 Å². The van der Waals surface area contributed by atoms with Crippen molar-refractivity contribution in [2.45, 2.75) is 46.3 Å². The predicted molar refractivity (Wildman–Crippen MR) is 59.2 cm³/mol. The summed E-state index contributed by atoms with van der Waals surface area (Å²) in [7, 11) is 0. The zero-order valence-electron chi connectivity index (χ0n) is 9.58. The third-order valence-electron chi connectivity index (χ3n) is 1.68. The third kappa shape index (κ3) is 8.06. The van der Waals surface area contributed by atoms with Gasteiger partial charge in [-0.1, -0.05) is 13.3 Å². The van der Waals surface area contributed by atoms with E-state index in [9.17, 15) is 0 Å². The Kier molecular flexibility index (Phi) is 10.1. The number of hydrogen-bond acceptors (Lipinski definition) is 2. The van der Waals surface area contributed by atoms with Crippen LogP contribution in [0.4, 0.5) is 0 Å². The summed E-state index contributed by atoms with van der Waals surface area (Å²) in [5, 5.41) is 0. The van der Waals surface area contributed by atoms with E-state index in [1.165, 1.54) is 6.42 Å². The van der Waals surface area contributed by atoms with Crippen LogP contribution >= 0.6 is 0 Å². The van der Waals surface area contributed by atoms with E-state index in [-0.39, 0.29) is 6.29 Å². The highest BCUT2D eigenvalue weighted by atomic mass is 16.7. The Morgan fingerprint density at radius 1 is 1.07 bits per heavy atom. The van der Waals surface area contributed by atoms with E-state index in [4.69, 9.17) is 9.47 Å². The van der Waals surface area contributed by atoms with Gasteiger partial charge in [0.05, 0.1) is 0 Å². The van der Waals surface area contributed by atoms with Crippen LogP contribution in [0.3, 0.4) is 0 Å². The van der Waals surface area contributed by atoms with Crippen LogP contribution in [0.15, 0.2) is 17.9 Å². The van der Waals surface area contributed by atoms with Gasteiger partial charge in [0.25, 0.3) is 0 Å². The van der Waals surface area contributed by atoms with Gasteiger partial charge in [-0.15, -0.1) is 5.73 Å². The first-order chi connectivity index (χ1) is 6.85. The number of unbranched alkanes of at least 4 members (excludes halogenated alkanes) is 1. The van der Waals surface area contributed by atoms with E-state index in [0.29, 0.717) is 13.2 Å². The maximum atomic E-state index is 5.38. The number of ether oxygens (including phenoxy) is 2. The SMILES string of the molecule is CCCC=C=CCC(OCC)OCC. The molecule has 0 spiro atoms. The lowest BCUT2D eigenvalue weighted by Crippen LogP contribution is -2.15. The Labute approximate surface area is 87.6 Å². The van der Waals surface area contributed by atoms with Gasteiger partial charge in [-0.05, 0) is 32.4 Å². The van der Waals surface area contributed by atoms with Gasteiger partial charge in [0, 0.05) is 19.6 Å². The predicted octanol–water partition coefficient (Wildman–Crippen LogP) is 3.29. The van der Waals surface area contributed by atoms with E-state index in [0.717, 1.165) is 12.8 Å². The molecule has 82 valence electrons. The largest absolute Gasteiger partial charge is 0.353 e. The molecule has 0 saturated heterocycles. The molecule has 0 heterocycles. The van der Waals surface area contributed by atoms with Crippen molar-refractivity contribution in [3.63, 3.8) is 0 Å². The molecule has 14 heavy (non-hydrogen) atoms. The third-order valence-corrected chi connectivity index (χ3v) is 1.68. The van der Waals surface area contributed by atoms with Crippen LogP contribution in [0.2, 0.25) is 0 Å². The standard InChI is InChI=1S/C12H22O2/c1-4-7-8-9-10-11-12(13-5-2)14-6-3/h8,10,12H,4-7,11H2,1-3H3. The van der Waals surface area contributed by atoms with Gasteiger partial charge >= 0.3 is 0 Å². The smallest absolute Gasteiger partial charge is 0.161 e. The van der Waals surface area contributed by atoms with Crippen LogP contribution in [0.5, 0.6) is 0 Å². The molecule has 0 amide bonds. The van der Waals surface area contributed by atoms with Crippen molar-refractivity contribution in [1.29, 1.82) is 0 Å². The normalized spacial score (nSPS) is 10.0. The lowest BCUT2D eigenvalue weighted by molar-refractivity contribution is -0.133. The molecule has 2 nitrogen and oxygen atoms in total. The second-order valence-electron chi connectivity index (χ2n) is 2.94. The molecule has 0 aliphatic rings. The summed E-state index contributed by atoms with van der Waals surface area (Å²) >= 11 is 0. The van der Waals surface area contributed by atoms with Gasteiger partial charge in [-0.3, -0.25) is 0 Å². The first-order valence-corrected chi connectivity index (χ1v) is 5.47. The minimum absolute atomic E-state index is 0.104. The molecule has 0 aromatic heterocycles. The highest BCUT2D eigenvalue weighted by Gasteiger charge is 2.03. The summed E-state index contributed by atoms with van der Waals surface area (Å²) in [6.07, 6.45) is 6.96. The fraction of sp³-hybridized carbons (Fsp3) is 0.750. The fourth-order valence-corrected chi connectivity index (χ4v) is 1.03. The average molecular weight is 198 g/mol. The minimum atomic E-state index is -0.104. The quantitative estimate of drug-likeness (QED) is 0.440. The van der Waals surface area contributed by atoms with Gasteiger partial charge in [-0.25, -0.2) is 0 Å². The molecular formula is C12H22O2. The molecule has 0 radical (unpaired) electrons. The minimum Gasteiger partial charge on any atom is -0.353 e. The van der Waals surface area contributed by atoms with Crippen LogP contribution in [-0.4, -0.2) is 19.5 Å². The number of hydrogen-bond donors (Lipinski definition) is 0. The van der Waals surface area contributed by atoms with Gasteiger partial charge in [0.15, 0.2) is 6.29 Å². The molecule has 0 rings (SSSR count). The monoisotopic (exact) mass is 198 g/mol. The zero-order valence-corrected chi connectivity index (χ0v) is 9.58. The van der Waals surface area contributed by atoms with Crippen LogP contribution < -0.4 is 0 Å². The maximum absolute atomic E-state index is 5.38. The van der Waals surface area contributed by atoms with Gasteiger partial charge in [0.2, 0.25) is 0 Å². The second-order valence-corrected chi connectivity index (χ2v) is 2.94. The summed E-state index contributed by atoms with van der Waals surface area (Å²) in [6.45, 7) is 7.49. The first-order valence-electron chi connectivity index (χ1n) is 5.47. The molecular weight excluding hydrogens is 176 g/mol. The second kappa shape index (κ2) is 10.5. The van der Waals surface area contributed by atoms with E-state index in [2.05, 4.69) is 18.7 Å². The Morgan fingerprint density at radius 2 is 1.71 bits per heavy atom. The van der Waals surface area contributed by atoms with Gasteiger partial charge in [-0.2, -0.15) is 0 Å². The van der Waals surface area contributed by atoms with Crippen molar-refractivity contribution in [3.05, 3.63) is 17.9 Å². The summed E-state index contributed by atoms with van der Waals surface area (Å²) in [6, 6.07) is 0. The number of rotatable bonds is 8. The molecule has 0 aliphatic heterocycles. The molecule has 0 saturated carbocycles. The van der Waals surface area contributed by atoms with Crippen molar-refractivity contribution < 1.29 is 9.47 Å². The Hall–Kier alpha value is -0.560. The molecule has 0 fully saturated rings. The molecule has 0 aromatic rings. The fourth-order valence-electron chi connectivity index (χ4n) is 1.03. The van der Waals surface area contributed by atoms with E-state index >= 15 is 0 Å². The molecule has 0 unspecified atom stereocenters. The van der Waals surface area contributed by atoms with Gasteiger partial charge < -0.3 is 9.47 Å². The van der Waals surface area contributed by atoms with Crippen LogP contribution in [0.1, 0.15) is 40.0 Å². The van der Waals surface area contributed by atoms with Crippen molar-refractivity contribution in [2.75, 3.05) is 13.2 Å². The average Bonchev–Trinajstić information content (AvgIpc) is 2.18. The van der Waals surface area contributed by atoms with E-state index in [1.807, 2.05) is 19.9 Å². The molecule has 2 heteroatoms. The van der Waals surface area contributed by atoms with Crippen LogP contribution in [0.25, 0.3) is 0 Å². The lowest BCUT2D eigenvalue weighted by Gasteiger charge is -2.13. The summed E-state index contributed by atoms with van der Waals surface area (Å²) in [5.74, 6) is 0. The molecule has 0 atom stereocenters. The van der Waals surface area contributed by atoms with Crippen molar-refractivity contribution in [3.8, 4) is 0 Å². The molecule has 0 N–H and O–H groups in total. The van der Waals surface area contributed by atoms with Gasteiger partial charge in [0.1, 0.15) is 0 Å². The Bertz CT molecular complexity index is 163. The Morgan fingerprint density at radius 3 is 2.21 bits per heavy atom. The summed E-state index contributed by atoms with van der Waals surface area (Å²) in [4.78, 5) is 0. The lowest BCUT2D eigenvalue weighted by atomic mass is 10.3. The zero-order chi connectivity index (χ0) is 10.6. The molecule has 0 bridgehead atoms. The summed E-state index contributed by atoms with van der Waals surface area (Å²) in [5.41, 5.74) is 3.12. The van der Waals surface area contributed by atoms with Crippen molar-refractivity contribution in [1.82, 2.24) is 0 Å². The maximum Gasteiger partial charge on any atom is 0.161 e. The van der Waals surface area contributed by atoms with Crippen LogP contribution in [-0.2, 0) is 9.47 Å². The Balaban J connectivity index is 3.73.